The quantitative estimate of drug-likeness (QED) is 0.238. The van der Waals surface area contributed by atoms with E-state index >= 15 is 0 Å². The number of guanidine groups is 1. The minimum absolute atomic E-state index is 0. The Bertz CT molecular complexity index is 340. The molecule has 118 valence electrons. The van der Waals surface area contributed by atoms with Gasteiger partial charge >= 0.3 is 0 Å². The van der Waals surface area contributed by atoms with Crippen LogP contribution in [0.5, 0.6) is 0 Å². The van der Waals surface area contributed by atoms with Gasteiger partial charge in [0, 0.05) is 35.5 Å². The van der Waals surface area contributed by atoms with Crippen LogP contribution in [-0.4, -0.2) is 47.5 Å². The lowest BCUT2D eigenvalue weighted by Gasteiger charge is -2.62. The van der Waals surface area contributed by atoms with Crippen LogP contribution in [0.25, 0.3) is 0 Å². The lowest BCUT2D eigenvalue weighted by molar-refractivity contribution is -0.0667. The van der Waals surface area contributed by atoms with Crippen LogP contribution < -0.4 is 5.32 Å². The Kier molecular flexibility index (Phi) is 8.55. The Balaban J connectivity index is 0.00000361. The Hall–Kier alpha value is 0.0900. The molecule has 1 aliphatic heterocycles. The van der Waals surface area contributed by atoms with E-state index < -0.39 is 0 Å². The molecule has 0 aromatic rings. The highest BCUT2D eigenvalue weighted by molar-refractivity contribution is 14.0. The van der Waals surface area contributed by atoms with Crippen LogP contribution in [0.4, 0.5) is 0 Å². The standard InChI is InChI=1S/C15H29N3S.HI/c1-7-10-19-11-9-17-13(16-8-2)18-12-14(3,4)15(18,5)6;/h7H,1,8-12H2,2-6H3,(H,16,17);1H. The molecule has 1 heterocycles. The molecule has 1 N–H and O–H groups in total. The van der Waals surface area contributed by atoms with E-state index in [1.165, 1.54) is 0 Å². The van der Waals surface area contributed by atoms with Gasteiger partial charge in [0.15, 0.2) is 5.96 Å². The highest BCUT2D eigenvalue weighted by Gasteiger charge is 2.53. The number of aliphatic imine (C=N–C) groups is 1. The average molecular weight is 411 g/mol. The van der Waals surface area contributed by atoms with Gasteiger partial charge in [0.25, 0.3) is 0 Å². The molecule has 0 aliphatic carbocycles. The SMILES string of the molecule is C=CCSCCN=C(NCC)N1CC(C)(C)C1(C)C.I. The molecule has 0 radical (unpaired) electrons. The van der Waals surface area contributed by atoms with Crippen molar-refractivity contribution in [1.82, 2.24) is 10.2 Å². The molecule has 0 amide bonds. The van der Waals surface area contributed by atoms with Crippen LogP contribution in [0.3, 0.4) is 0 Å². The van der Waals surface area contributed by atoms with Gasteiger partial charge in [-0.25, -0.2) is 0 Å². The molecule has 0 saturated carbocycles. The maximum absolute atomic E-state index is 4.74. The first-order chi connectivity index (χ1) is 8.86. The molecule has 1 aliphatic rings. The van der Waals surface area contributed by atoms with Crippen molar-refractivity contribution in [1.29, 1.82) is 0 Å². The zero-order valence-corrected chi connectivity index (χ0v) is 16.7. The van der Waals surface area contributed by atoms with Crippen molar-refractivity contribution in [2.75, 3.05) is 31.1 Å². The predicted octanol–water partition coefficient (Wildman–Crippen LogP) is 3.61. The molecule has 0 atom stereocenters. The van der Waals surface area contributed by atoms with Crippen LogP contribution in [0.2, 0.25) is 0 Å². The van der Waals surface area contributed by atoms with Gasteiger partial charge in [-0.3, -0.25) is 4.99 Å². The molecule has 0 aromatic heterocycles. The molecule has 1 fully saturated rings. The Morgan fingerprint density at radius 2 is 2.05 bits per heavy atom. The number of likely N-dealkylation sites (tertiary alicyclic amines) is 1. The largest absolute Gasteiger partial charge is 0.356 e. The summed E-state index contributed by atoms with van der Waals surface area (Å²) in [5, 5.41) is 3.42. The smallest absolute Gasteiger partial charge is 0.194 e. The zero-order valence-electron chi connectivity index (χ0n) is 13.5. The Morgan fingerprint density at radius 3 is 2.50 bits per heavy atom. The van der Waals surface area contributed by atoms with E-state index in [1.807, 2.05) is 17.8 Å². The maximum Gasteiger partial charge on any atom is 0.194 e. The van der Waals surface area contributed by atoms with Crippen molar-refractivity contribution in [2.24, 2.45) is 10.4 Å². The monoisotopic (exact) mass is 411 g/mol. The minimum Gasteiger partial charge on any atom is -0.356 e. The van der Waals surface area contributed by atoms with Crippen LogP contribution in [-0.2, 0) is 0 Å². The van der Waals surface area contributed by atoms with E-state index in [0.29, 0.717) is 5.41 Å². The number of thioether (sulfide) groups is 1. The number of hydrogen-bond acceptors (Lipinski definition) is 2. The fraction of sp³-hybridized carbons (Fsp3) is 0.800. The van der Waals surface area contributed by atoms with E-state index in [2.05, 4.69) is 51.4 Å². The fourth-order valence-electron chi connectivity index (χ4n) is 2.18. The second kappa shape index (κ2) is 8.51. The first-order valence-electron chi connectivity index (χ1n) is 7.11. The Morgan fingerprint density at radius 1 is 1.40 bits per heavy atom. The lowest BCUT2D eigenvalue weighted by Crippen LogP contribution is -2.72. The van der Waals surface area contributed by atoms with Crippen molar-refractivity contribution in [3.05, 3.63) is 12.7 Å². The van der Waals surface area contributed by atoms with E-state index in [0.717, 1.165) is 37.1 Å². The number of hydrogen-bond donors (Lipinski definition) is 1. The van der Waals surface area contributed by atoms with Gasteiger partial charge in [0.05, 0.1) is 6.54 Å². The second-order valence-electron chi connectivity index (χ2n) is 6.13. The summed E-state index contributed by atoms with van der Waals surface area (Å²) in [7, 11) is 0. The molecule has 0 unspecified atom stereocenters. The summed E-state index contributed by atoms with van der Waals surface area (Å²) in [6, 6.07) is 0. The zero-order chi connectivity index (χ0) is 14.5. The summed E-state index contributed by atoms with van der Waals surface area (Å²) in [5.41, 5.74) is 0.517. The summed E-state index contributed by atoms with van der Waals surface area (Å²) in [4.78, 5) is 7.14. The van der Waals surface area contributed by atoms with Gasteiger partial charge in [0.2, 0.25) is 0 Å². The summed E-state index contributed by atoms with van der Waals surface area (Å²) < 4.78 is 0. The van der Waals surface area contributed by atoms with E-state index in [-0.39, 0.29) is 29.5 Å². The van der Waals surface area contributed by atoms with Crippen molar-refractivity contribution >= 4 is 41.7 Å². The third-order valence-electron chi connectivity index (χ3n) is 4.21. The van der Waals surface area contributed by atoms with Crippen molar-refractivity contribution in [2.45, 2.75) is 40.2 Å². The topological polar surface area (TPSA) is 27.6 Å². The van der Waals surface area contributed by atoms with Gasteiger partial charge in [0.1, 0.15) is 0 Å². The van der Waals surface area contributed by atoms with Crippen molar-refractivity contribution in [3.63, 3.8) is 0 Å². The lowest BCUT2D eigenvalue weighted by atomic mass is 9.65. The molecular formula is C15H30IN3S. The summed E-state index contributed by atoms with van der Waals surface area (Å²) >= 11 is 1.88. The first-order valence-corrected chi connectivity index (χ1v) is 8.27. The highest BCUT2D eigenvalue weighted by atomic mass is 127. The molecule has 1 rings (SSSR count). The molecule has 3 nitrogen and oxygen atoms in total. The molecule has 5 heteroatoms. The normalized spacial score (nSPS) is 19.9. The van der Waals surface area contributed by atoms with E-state index in [1.54, 1.807) is 0 Å². The van der Waals surface area contributed by atoms with Gasteiger partial charge in [-0.05, 0) is 20.8 Å². The first kappa shape index (κ1) is 20.1. The fourth-order valence-corrected chi connectivity index (χ4v) is 2.73. The summed E-state index contributed by atoms with van der Waals surface area (Å²) in [6.45, 7) is 18.0. The highest BCUT2D eigenvalue weighted by Crippen LogP contribution is 2.46. The third-order valence-corrected chi connectivity index (χ3v) is 5.15. The molecule has 0 spiro atoms. The van der Waals surface area contributed by atoms with Crippen molar-refractivity contribution in [3.8, 4) is 0 Å². The molecule has 0 bridgehead atoms. The van der Waals surface area contributed by atoms with Gasteiger partial charge in [-0.2, -0.15) is 11.8 Å². The average Bonchev–Trinajstić information content (AvgIpc) is 2.34. The van der Waals surface area contributed by atoms with Gasteiger partial charge < -0.3 is 10.2 Å². The number of nitrogens with one attached hydrogen (secondary N) is 1. The molecular weight excluding hydrogens is 381 g/mol. The molecule has 20 heavy (non-hydrogen) atoms. The van der Waals surface area contributed by atoms with Crippen LogP contribution in [0.15, 0.2) is 17.6 Å². The van der Waals surface area contributed by atoms with Gasteiger partial charge in [-0.1, -0.05) is 19.9 Å². The predicted molar refractivity (Wildman–Crippen MR) is 103 cm³/mol. The maximum atomic E-state index is 4.74. The Labute approximate surface area is 146 Å². The summed E-state index contributed by atoms with van der Waals surface area (Å²) in [5.74, 6) is 3.12. The van der Waals surface area contributed by atoms with Crippen LogP contribution in [0.1, 0.15) is 34.6 Å². The van der Waals surface area contributed by atoms with E-state index in [9.17, 15) is 0 Å². The second-order valence-corrected chi connectivity index (χ2v) is 7.28. The minimum atomic E-state index is 0. The van der Waals surface area contributed by atoms with Crippen LogP contribution >= 0.6 is 35.7 Å². The molecule has 0 aromatic carbocycles. The number of nitrogens with zero attached hydrogens (tertiary/aromatic N) is 2. The van der Waals surface area contributed by atoms with Gasteiger partial charge in [-0.15, -0.1) is 30.6 Å². The summed E-state index contributed by atoms with van der Waals surface area (Å²) in [6.07, 6.45) is 1.95. The third kappa shape index (κ3) is 4.55. The molecule has 1 saturated heterocycles. The number of rotatable bonds is 6. The van der Waals surface area contributed by atoms with Crippen LogP contribution in [0, 0.1) is 5.41 Å². The van der Waals surface area contributed by atoms with Crippen molar-refractivity contribution < 1.29 is 0 Å². The number of halogens is 1. The van der Waals surface area contributed by atoms with E-state index in [4.69, 9.17) is 4.99 Å².